The van der Waals surface area contributed by atoms with Crippen molar-refractivity contribution in [2.75, 3.05) is 13.7 Å². The van der Waals surface area contributed by atoms with Crippen LogP contribution in [-0.4, -0.2) is 19.6 Å². The van der Waals surface area contributed by atoms with E-state index in [9.17, 15) is 4.79 Å². The lowest BCUT2D eigenvalue weighted by Gasteiger charge is -2.13. The molecule has 2 aromatic carbocycles. The lowest BCUT2D eigenvalue weighted by molar-refractivity contribution is 0.0950. The lowest BCUT2D eigenvalue weighted by atomic mass is 10.1. The Morgan fingerprint density at radius 2 is 1.79 bits per heavy atom. The predicted molar refractivity (Wildman–Crippen MR) is 95.7 cm³/mol. The fourth-order valence-corrected chi connectivity index (χ4v) is 2.17. The highest BCUT2D eigenvalue weighted by Gasteiger charge is 2.11. The Kier molecular flexibility index (Phi) is 6.24. The molecular formula is C20H25NO3. The Labute approximate surface area is 143 Å². The number of carbonyl (C=O) groups is 1. The summed E-state index contributed by atoms with van der Waals surface area (Å²) in [6, 6.07) is 13.3. The van der Waals surface area contributed by atoms with Crippen molar-refractivity contribution in [3.63, 3.8) is 0 Å². The van der Waals surface area contributed by atoms with Crippen LogP contribution in [0.1, 0.15) is 35.3 Å². The topological polar surface area (TPSA) is 47.6 Å². The zero-order valence-corrected chi connectivity index (χ0v) is 14.8. The Balaban J connectivity index is 2.02. The van der Waals surface area contributed by atoms with Crippen molar-refractivity contribution in [1.29, 1.82) is 0 Å². The summed E-state index contributed by atoms with van der Waals surface area (Å²) in [5.74, 6) is 1.51. The van der Waals surface area contributed by atoms with Crippen molar-refractivity contribution < 1.29 is 14.3 Å². The maximum Gasteiger partial charge on any atom is 0.251 e. The van der Waals surface area contributed by atoms with Crippen LogP contribution in [0.15, 0.2) is 42.5 Å². The minimum atomic E-state index is -0.135. The van der Waals surface area contributed by atoms with Gasteiger partial charge < -0.3 is 14.8 Å². The molecule has 1 N–H and O–H groups in total. The van der Waals surface area contributed by atoms with Gasteiger partial charge in [-0.3, -0.25) is 4.79 Å². The fraction of sp³-hybridized carbons (Fsp3) is 0.350. The first kappa shape index (κ1) is 17.9. The maximum atomic E-state index is 12.3. The molecule has 0 unspecified atom stereocenters. The highest BCUT2D eigenvalue weighted by atomic mass is 16.5. The summed E-state index contributed by atoms with van der Waals surface area (Å²) in [6.45, 7) is 7.30. The van der Waals surface area contributed by atoms with Gasteiger partial charge in [0, 0.05) is 12.1 Å². The summed E-state index contributed by atoms with van der Waals surface area (Å²) in [5.41, 5.74) is 2.82. The quantitative estimate of drug-likeness (QED) is 0.837. The van der Waals surface area contributed by atoms with Gasteiger partial charge in [0.1, 0.15) is 0 Å². The molecule has 4 nitrogen and oxygen atoms in total. The van der Waals surface area contributed by atoms with Gasteiger partial charge in [0.2, 0.25) is 0 Å². The number of hydrogen-bond donors (Lipinski definition) is 1. The van der Waals surface area contributed by atoms with E-state index in [2.05, 4.69) is 19.2 Å². The molecule has 2 rings (SSSR count). The third-order valence-electron chi connectivity index (χ3n) is 3.57. The molecule has 2 aromatic rings. The molecule has 0 fully saturated rings. The van der Waals surface area contributed by atoms with E-state index >= 15 is 0 Å². The first-order valence-corrected chi connectivity index (χ1v) is 8.14. The van der Waals surface area contributed by atoms with E-state index in [1.54, 1.807) is 25.3 Å². The molecule has 24 heavy (non-hydrogen) atoms. The minimum Gasteiger partial charge on any atom is -0.493 e. The van der Waals surface area contributed by atoms with Crippen molar-refractivity contribution in [3.05, 3.63) is 59.2 Å². The number of amides is 1. The molecule has 1 amide bonds. The molecule has 0 aliphatic carbocycles. The van der Waals surface area contributed by atoms with Gasteiger partial charge in [0.15, 0.2) is 11.5 Å². The van der Waals surface area contributed by atoms with E-state index in [0.29, 0.717) is 36.1 Å². The third kappa shape index (κ3) is 5.01. The summed E-state index contributed by atoms with van der Waals surface area (Å²) < 4.78 is 11.0. The molecule has 4 heteroatoms. The van der Waals surface area contributed by atoms with Crippen LogP contribution >= 0.6 is 0 Å². The van der Waals surface area contributed by atoms with Crippen LogP contribution in [0.4, 0.5) is 0 Å². The smallest absolute Gasteiger partial charge is 0.251 e. The van der Waals surface area contributed by atoms with Crippen molar-refractivity contribution in [2.45, 2.75) is 27.3 Å². The molecule has 0 atom stereocenters. The minimum absolute atomic E-state index is 0.135. The number of rotatable bonds is 7. The molecule has 0 bridgehead atoms. The maximum absolute atomic E-state index is 12.3. The van der Waals surface area contributed by atoms with Crippen LogP contribution in [0, 0.1) is 12.8 Å². The second kappa shape index (κ2) is 8.39. The lowest BCUT2D eigenvalue weighted by Crippen LogP contribution is -2.22. The van der Waals surface area contributed by atoms with Gasteiger partial charge in [-0.2, -0.15) is 0 Å². The van der Waals surface area contributed by atoms with Crippen LogP contribution in [0.5, 0.6) is 11.5 Å². The highest BCUT2D eigenvalue weighted by molar-refractivity contribution is 5.94. The van der Waals surface area contributed by atoms with Crippen LogP contribution in [0.2, 0.25) is 0 Å². The van der Waals surface area contributed by atoms with Crippen LogP contribution in [0.3, 0.4) is 0 Å². The SMILES string of the molecule is COc1cc(C(=O)NCc2ccc(C)cc2)ccc1OCC(C)C. The van der Waals surface area contributed by atoms with Crippen molar-refractivity contribution in [3.8, 4) is 11.5 Å². The summed E-state index contributed by atoms with van der Waals surface area (Å²) in [4.78, 5) is 12.3. The first-order valence-electron chi connectivity index (χ1n) is 8.14. The monoisotopic (exact) mass is 327 g/mol. The van der Waals surface area contributed by atoms with E-state index < -0.39 is 0 Å². The Morgan fingerprint density at radius 1 is 1.08 bits per heavy atom. The average Bonchev–Trinajstić information content (AvgIpc) is 2.59. The van der Waals surface area contributed by atoms with Crippen molar-refractivity contribution in [1.82, 2.24) is 5.32 Å². The first-order chi connectivity index (χ1) is 11.5. The normalized spacial score (nSPS) is 10.5. The van der Waals surface area contributed by atoms with Gasteiger partial charge in [0.05, 0.1) is 13.7 Å². The predicted octanol–water partition coefficient (Wildman–Crippen LogP) is 3.97. The summed E-state index contributed by atoms with van der Waals surface area (Å²) in [5, 5.41) is 2.92. The third-order valence-corrected chi connectivity index (χ3v) is 3.57. The number of ether oxygens (including phenoxy) is 2. The Bertz CT molecular complexity index is 678. The van der Waals surface area contributed by atoms with E-state index in [-0.39, 0.29) is 5.91 Å². The highest BCUT2D eigenvalue weighted by Crippen LogP contribution is 2.28. The van der Waals surface area contributed by atoms with E-state index in [0.717, 1.165) is 5.56 Å². The largest absolute Gasteiger partial charge is 0.493 e. The van der Waals surface area contributed by atoms with Gasteiger partial charge in [0.25, 0.3) is 5.91 Å². The number of nitrogens with one attached hydrogen (secondary N) is 1. The van der Waals surface area contributed by atoms with Crippen molar-refractivity contribution >= 4 is 5.91 Å². The fourth-order valence-electron chi connectivity index (χ4n) is 2.17. The Morgan fingerprint density at radius 3 is 2.42 bits per heavy atom. The number of carbonyl (C=O) groups excluding carboxylic acids is 1. The number of methoxy groups -OCH3 is 1. The molecule has 0 aliphatic heterocycles. The Hall–Kier alpha value is -2.49. The molecule has 0 saturated heterocycles. The van der Waals surface area contributed by atoms with Crippen LogP contribution in [0.25, 0.3) is 0 Å². The average molecular weight is 327 g/mol. The van der Waals surface area contributed by atoms with Gasteiger partial charge in [-0.1, -0.05) is 43.7 Å². The summed E-state index contributed by atoms with van der Waals surface area (Å²) in [6.07, 6.45) is 0. The molecule has 128 valence electrons. The molecule has 0 aromatic heterocycles. The van der Waals surface area contributed by atoms with E-state index in [1.807, 2.05) is 31.2 Å². The molecule has 0 spiro atoms. The van der Waals surface area contributed by atoms with Gasteiger partial charge in [-0.05, 0) is 36.6 Å². The second-order valence-electron chi connectivity index (χ2n) is 6.24. The van der Waals surface area contributed by atoms with E-state index in [4.69, 9.17) is 9.47 Å². The van der Waals surface area contributed by atoms with Gasteiger partial charge >= 0.3 is 0 Å². The molecule has 0 saturated carbocycles. The molecule has 0 radical (unpaired) electrons. The zero-order chi connectivity index (χ0) is 17.5. The molecule has 0 heterocycles. The van der Waals surface area contributed by atoms with Crippen molar-refractivity contribution in [2.24, 2.45) is 5.92 Å². The van der Waals surface area contributed by atoms with Crippen LogP contribution < -0.4 is 14.8 Å². The summed E-state index contributed by atoms with van der Waals surface area (Å²) >= 11 is 0. The molecule has 0 aliphatic rings. The van der Waals surface area contributed by atoms with E-state index in [1.165, 1.54) is 5.56 Å². The van der Waals surface area contributed by atoms with Gasteiger partial charge in [-0.15, -0.1) is 0 Å². The standard InChI is InChI=1S/C20H25NO3/c1-14(2)13-24-18-10-9-17(11-19(18)23-4)20(22)21-12-16-7-5-15(3)6-8-16/h5-11,14H,12-13H2,1-4H3,(H,21,22). The number of benzene rings is 2. The van der Waals surface area contributed by atoms with Gasteiger partial charge in [-0.25, -0.2) is 0 Å². The second-order valence-corrected chi connectivity index (χ2v) is 6.24. The zero-order valence-electron chi connectivity index (χ0n) is 14.8. The van der Waals surface area contributed by atoms with Crippen LogP contribution in [-0.2, 0) is 6.54 Å². The summed E-state index contributed by atoms with van der Waals surface area (Å²) in [7, 11) is 1.57. The number of aryl methyl sites for hydroxylation is 1. The number of hydrogen-bond acceptors (Lipinski definition) is 3. The molecular weight excluding hydrogens is 302 g/mol.